The number of likely N-dealkylation sites (tertiary alicyclic amines) is 1. The van der Waals surface area contributed by atoms with Crippen LogP contribution in [-0.4, -0.2) is 44.7 Å². The summed E-state index contributed by atoms with van der Waals surface area (Å²) in [4.78, 5) is 20.4. The molecule has 0 bridgehead atoms. The van der Waals surface area contributed by atoms with Gasteiger partial charge in [0.15, 0.2) is 5.65 Å². The molecular weight excluding hydrogens is 362 g/mol. The van der Waals surface area contributed by atoms with Crippen molar-refractivity contribution in [3.8, 4) is 11.3 Å². The molecule has 5 rings (SSSR count). The number of fused-ring (bicyclic) bond motifs is 2. The molecule has 3 atom stereocenters. The first-order valence-corrected chi connectivity index (χ1v) is 10.5. The Morgan fingerprint density at radius 2 is 1.97 bits per heavy atom. The zero-order valence-corrected chi connectivity index (χ0v) is 17.0. The Balaban J connectivity index is 1.60. The third-order valence-electron chi connectivity index (χ3n) is 6.56. The molecule has 1 saturated heterocycles. The number of pyridine rings is 1. The van der Waals surface area contributed by atoms with Gasteiger partial charge in [-0.25, -0.2) is 9.67 Å². The molecular formula is C23H27N5O. The minimum atomic E-state index is 0.0690. The Kier molecular flexibility index (Phi) is 4.39. The van der Waals surface area contributed by atoms with Gasteiger partial charge in [-0.05, 0) is 44.6 Å². The van der Waals surface area contributed by atoms with E-state index in [0.717, 1.165) is 48.2 Å². The minimum absolute atomic E-state index is 0.0690. The van der Waals surface area contributed by atoms with Crippen LogP contribution in [0.25, 0.3) is 22.3 Å². The number of amides is 1. The second kappa shape index (κ2) is 6.95. The molecule has 29 heavy (non-hydrogen) atoms. The fraction of sp³-hybridized carbons (Fsp3) is 0.435. The molecule has 0 spiro atoms. The highest BCUT2D eigenvalue weighted by Gasteiger charge is 2.43. The van der Waals surface area contributed by atoms with Crippen molar-refractivity contribution in [2.75, 3.05) is 13.1 Å². The summed E-state index contributed by atoms with van der Waals surface area (Å²) in [6, 6.07) is 12.3. The Morgan fingerprint density at radius 3 is 2.69 bits per heavy atom. The van der Waals surface area contributed by atoms with E-state index in [1.54, 1.807) is 6.20 Å². The summed E-state index contributed by atoms with van der Waals surface area (Å²) in [5, 5.41) is 5.36. The smallest absolute Gasteiger partial charge is 0.254 e. The third-order valence-corrected chi connectivity index (χ3v) is 6.56. The van der Waals surface area contributed by atoms with Crippen molar-refractivity contribution in [3.05, 3.63) is 48.2 Å². The molecule has 2 aliphatic rings. The van der Waals surface area contributed by atoms with Crippen LogP contribution in [0, 0.1) is 11.8 Å². The highest BCUT2D eigenvalue weighted by molar-refractivity contribution is 6.06. The number of benzene rings is 1. The van der Waals surface area contributed by atoms with Gasteiger partial charge in [-0.3, -0.25) is 4.79 Å². The Labute approximate surface area is 170 Å². The molecule has 1 aliphatic heterocycles. The predicted octanol–water partition coefficient (Wildman–Crippen LogP) is 3.49. The molecule has 3 heterocycles. The molecule has 1 saturated carbocycles. The second-order valence-corrected chi connectivity index (χ2v) is 8.72. The van der Waals surface area contributed by atoms with E-state index in [-0.39, 0.29) is 18.0 Å². The van der Waals surface area contributed by atoms with E-state index in [4.69, 9.17) is 10.7 Å². The van der Waals surface area contributed by atoms with Gasteiger partial charge < -0.3 is 10.6 Å². The lowest BCUT2D eigenvalue weighted by Gasteiger charge is -2.20. The summed E-state index contributed by atoms with van der Waals surface area (Å²) in [6.45, 7) is 5.72. The first-order valence-electron chi connectivity index (χ1n) is 10.5. The third kappa shape index (κ3) is 3.02. The summed E-state index contributed by atoms with van der Waals surface area (Å²) in [7, 11) is 0. The molecule has 6 heteroatoms. The molecule has 3 unspecified atom stereocenters. The van der Waals surface area contributed by atoms with Crippen molar-refractivity contribution >= 4 is 16.9 Å². The predicted molar refractivity (Wildman–Crippen MR) is 113 cm³/mol. The van der Waals surface area contributed by atoms with E-state index in [9.17, 15) is 4.79 Å². The van der Waals surface area contributed by atoms with Crippen LogP contribution in [0.4, 0.5) is 0 Å². The molecule has 2 aromatic heterocycles. The van der Waals surface area contributed by atoms with Crippen molar-refractivity contribution < 1.29 is 4.79 Å². The number of nitrogens with zero attached hydrogens (tertiary/aromatic N) is 4. The van der Waals surface area contributed by atoms with E-state index >= 15 is 0 Å². The zero-order valence-electron chi connectivity index (χ0n) is 17.0. The van der Waals surface area contributed by atoms with Crippen LogP contribution in [0.2, 0.25) is 0 Å². The van der Waals surface area contributed by atoms with Crippen LogP contribution in [0.3, 0.4) is 0 Å². The lowest BCUT2D eigenvalue weighted by molar-refractivity contribution is 0.0781. The summed E-state index contributed by atoms with van der Waals surface area (Å²) in [5.41, 5.74) is 9.55. The van der Waals surface area contributed by atoms with Crippen LogP contribution < -0.4 is 5.73 Å². The van der Waals surface area contributed by atoms with Gasteiger partial charge in [-0.1, -0.05) is 30.3 Å². The maximum Gasteiger partial charge on any atom is 0.254 e. The van der Waals surface area contributed by atoms with Crippen LogP contribution >= 0.6 is 0 Å². The Morgan fingerprint density at radius 1 is 1.17 bits per heavy atom. The number of carbonyl (C=O) groups excluding carboxylic acids is 1. The van der Waals surface area contributed by atoms with E-state index in [1.807, 2.05) is 46.0 Å². The van der Waals surface area contributed by atoms with Gasteiger partial charge in [0, 0.05) is 30.7 Å². The number of rotatable bonds is 3. The van der Waals surface area contributed by atoms with Gasteiger partial charge in [0.2, 0.25) is 0 Å². The van der Waals surface area contributed by atoms with Gasteiger partial charge in [-0.2, -0.15) is 5.10 Å². The van der Waals surface area contributed by atoms with Crippen molar-refractivity contribution in [3.63, 3.8) is 0 Å². The topological polar surface area (TPSA) is 77.0 Å². The number of carbonyl (C=O) groups is 1. The molecule has 1 amide bonds. The van der Waals surface area contributed by atoms with Crippen molar-refractivity contribution in [2.24, 2.45) is 17.6 Å². The summed E-state index contributed by atoms with van der Waals surface area (Å²) in [5.74, 6) is 1.04. The normalized spacial score (nSPS) is 23.9. The lowest BCUT2D eigenvalue weighted by atomic mass is 9.98. The zero-order chi connectivity index (χ0) is 20.1. The number of hydrogen-bond donors (Lipinski definition) is 1. The highest BCUT2D eigenvalue weighted by Crippen LogP contribution is 2.38. The molecule has 2 fully saturated rings. The van der Waals surface area contributed by atoms with E-state index in [0.29, 0.717) is 17.4 Å². The SMILES string of the molecule is CC(C)n1ncc2c(C(=O)N3CC4CCC(N)C4C3)cc(-c3ccccc3)nc21. The van der Waals surface area contributed by atoms with Crippen LogP contribution in [0.1, 0.15) is 43.1 Å². The van der Waals surface area contributed by atoms with Crippen LogP contribution in [0.5, 0.6) is 0 Å². The Hall–Kier alpha value is -2.73. The van der Waals surface area contributed by atoms with Gasteiger partial charge in [-0.15, -0.1) is 0 Å². The molecule has 150 valence electrons. The van der Waals surface area contributed by atoms with E-state index in [2.05, 4.69) is 18.9 Å². The Bertz CT molecular complexity index is 1060. The average Bonchev–Trinajstić information content (AvgIpc) is 3.43. The highest BCUT2D eigenvalue weighted by atomic mass is 16.2. The summed E-state index contributed by atoms with van der Waals surface area (Å²) < 4.78 is 1.90. The standard InChI is InChI=1S/C23H27N5O/c1-14(2)28-22-18(11-25-28)17(10-21(26-22)15-6-4-3-5-7-15)23(29)27-12-16-8-9-20(24)19(16)13-27/h3-7,10-11,14,16,19-20H,8-9,12-13,24H2,1-2H3. The quantitative estimate of drug-likeness (QED) is 0.744. The number of nitrogens with two attached hydrogens (primary N) is 1. The largest absolute Gasteiger partial charge is 0.338 e. The second-order valence-electron chi connectivity index (χ2n) is 8.72. The van der Waals surface area contributed by atoms with Crippen LogP contribution in [0.15, 0.2) is 42.6 Å². The van der Waals surface area contributed by atoms with Gasteiger partial charge >= 0.3 is 0 Å². The average molecular weight is 390 g/mol. The van der Waals surface area contributed by atoms with E-state index < -0.39 is 0 Å². The first-order chi connectivity index (χ1) is 14.0. The fourth-order valence-electron chi connectivity index (χ4n) is 4.97. The molecule has 1 aliphatic carbocycles. The van der Waals surface area contributed by atoms with Crippen molar-refractivity contribution in [2.45, 2.75) is 38.8 Å². The summed E-state index contributed by atoms with van der Waals surface area (Å²) in [6.07, 6.45) is 3.99. The lowest BCUT2D eigenvalue weighted by Crippen LogP contribution is -2.33. The van der Waals surface area contributed by atoms with Crippen molar-refractivity contribution in [1.82, 2.24) is 19.7 Å². The maximum atomic E-state index is 13.6. The van der Waals surface area contributed by atoms with Gasteiger partial charge in [0.05, 0.1) is 22.8 Å². The number of hydrogen-bond acceptors (Lipinski definition) is 4. The maximum absolute atomic E-state index is 13.6. The first kappa shape index (κ1) is 18.3. The molecule has 0 radical (unpaired) electrons. The molecule has 3 aromatic rings. The number of aromatic nitrogens is 3. The van der Waals surface area contributed by atoms with Crippen LogP contribution in [-0.2, 0) is 0 Å². The van der Waals surface area contributed by atoms with E-state index in [1.165, 1.54) is 0 Å². The van der Waals surface area contributed by atoms with Gasteiger partial charge in [0.1, 0.15) is 0 Å². The summed E-state index contributed by atoms with van der Waals surface area (Å²) >= 11 is 0. The van der Waals surface area contributed by atoms with Gasteiger partial charge in [0.25, 0.3) is 5.91 Å². The van der Waals surface area contributed by atoms with Crippen molar-refractivity contribution in [1.29, 1.82) is 0 Å². The minimum Gasteiger partial charge on any atom is -0.338 e. The molecule has 6 nitrogen and oxygen atoms in total. The fourth-order valence-corrected chi connectivity index (χ4v) is 4.97. The molecule has 1 aromatic carbocycles. The monoisotopic (exact) mass is 389 g/mol. The molecule has 2 N–H and O–H groups in total.